The molecule has 1 fully saturated rings. The Morgan fingerprint density at radius 1 is 1.64 bits per heavy atom. The molecule has 3 nitrogen and oxygen atoms in total. The van der Waals surface area contributed by atoms with Gasteiger partial charge in [-0.1, -0.05) is 0 Å². The van der Waals surface area contributed by atoms with Crippen LogP contribution < -0.4 is 5.73 Å². The Hall–Kier alpha value is -0.640. The molecule has 1 aliphatic rings. The molecule has 3 atom stereocenters. The molecule has 1 saturated carbocycles. The molecule has 3 unspecified atom stereocenters. The average Bonchev–Trinajstić information content (AvgIpc) is 2.28. The maximum atomic E-state index is 12.6. The van der Waals surface area contributed by atoms with Crippen LogP contribution in [0.15, 0.2) is 0 Å². The van der Waals surface area contributed by atoms with Crippen molar-refractivity contribution in [2.24, 2.45) is 11.7 Å². The summed E-state index contributed by atoms with van der Waals surface area (Å²) in [5.74, 6) is -0.826. The minimum Gasteiger partial charge on any atom is -0.469 e. The summed E-state index contributed by atoms with van der Waals surface area (Å²) in [6.07, 6.45) is -0.442. The standard InChI is InChI=1S/C7H12FNO2/c1-11-7(10)5-2-4(8)3-6(5)9/h4-6H,2-3,9H2,1H3. The van der Waals surface area contributed by atoms with E-state index in [1.54, 1.807) is 0 Å². The van der Waals surface area contributed by atoms with Gasteiger partial charge in [-0.25, -0.2) is 4.39 Å². The Bertz CT molecular complexity index is 163. The van der Waals surface area contributed by atoms with E-state index in [1.165, 1.54) is 7.11 Å². The van der Waals surface area contributed by atoms with Crippen LogP contribution in [0.4, 0.5) is 4.39 Å². The number of hydrogen-bond donors (Lipinski definition) is 1. The molecule has 1 aliphatic carbocycles. The number of esters is 1. The second-order valence-electron chi connectivity index (χ2n) is 2.86. The third-order valence-electron chi connectivity index (χ3n) is 2.06. The highest BCUT2D eigenvalue weighted by molar-refractivity contribution is 5.73. The van der Waals surface area contributed by atoms with Gasteiger partial charge in [-0.05, 0) is 12.8 Å². The topological polar surface area (TPSA) is 52.3 Å². The van der Waals surface area contributed by atoms with E-state index in [1.807, 2.05) is 0 Å². The van der Waals surface area contributed by atoms with Gasteiger partial charge in [0.15, 0.2) is 0 Å². The fraction of sp³-hybridized carbons (Fsp3) is 0.857. The number of carbonyl (C=O) groups is 1. The Kier molecular flexibility index (Phi) is 2.44. The highest BCUT2D eigenvalue weighted by atomic mass is 19.1. The van der Waals surface area contributed by atoms with Gasteiger partial charge >= 0.3 is 5.97 Å². The lowest BCUT2D eigenvalue weighted by Crippen LogP contribution is -2.31. The van der Waals surface area contributed by atoms with Crippen LogP contribution in [-0.4, -0.2) is 25.3 Å². The van der Waals surface area contributed by atoms with Gasteiger partial charge < -0.3 is 10.5 Å². The zero-order valence-corrected chi connectivity index (χ0v) is 6.42. The average molecular weight is 161 g/mol. The van der Waals surface area contributed by atoms with Gasteiger partial charge in [0.25, 0.3) is 0 Å². The SMILES string of the molecule is COC(=O)C1CC(F)CC1N. The predicted molar refractivity (Wildman–Crippen MR) is 37.6 cm³/mol. The lowest BCUT2D eigenvalue weighted by atomic mass is 10.1. The molecular formula is C7H12FNO2. The number of hydrogen-bond acceptors (Lipinski definition) is 3. The van der Waals surface area contributed by atoms with Crippen LogP contribution in [0, 0.1) is 5.92 Å². The van der Waals surface area contributed by atoms with Crippen molar-refractivity contribution in [1.29, 1.82) is 0 Å². The number of rotatable bonds is 1. The van der Waals surface area contributed by atoms with Gasteiger partial charge in [-0.2, -0.15) is 0 Å². The Morgan fingerprint density at radius 2 is 2.27 bits per heavy atom. The summed E-state index contributed by atoms with van der Waals surface area (Å²) in [4.78, 5) is 10.9. The van der Waals surface area contributed by atoms with Crippen molar-refractivity contribution in [2.45, 2.75) is 25.1 Å². The molecule has 1 rings (SSSR count). The van der Waals surface area contributed by atoms with Crippen molar-refractivity contribution >= 4 is 5.97 Å². The third kappa shape index (κ3) is 1.68. The van der Waals surface area contributed by atoms with Crippen LogP contribution in [0.1, 0.15) is 12.8 Å². The minimum absolute atomic E-state index is 0.216. The van der Waals surface area contributed by atoms with Crippen molar-refractivity contribution in [3.63, 3.8) is 0 Å². The molecule has 0 aromatic heterocycles. The largest absolute Gasteiger partial charge is 0.469 e. The molecule has 11 heavy (non-hydrogen) atoms. The van der Waals surface area contributed by atoms with E-state index in [9.17, 15) is 9.18 Å². The Labute approximate surface area is 64.7 Å². The van der Waals surface area contributed by atoms with Crippen LogP contribution >= 0.6 is 0 Å². The van der Waals surface area contributed by atoms with Gasteiger partial charge in [-0.3, -0.25) is 4.79 Å². The molecule has 0 aliphatic heterocycles. The lowest BCUT2D eigenvalue weighted by molar-refractivity contribution is -0.145. The van der Waals surface area contributed by atoms with Crippen molar-refractivity contribution in [3.8, 4) is 0 Å². The minimum atomic E-state index is -0.936. The van der Waals surface area contributed by atoms with Crippen LogP contribution in [0.2, 0.25) is 0 Å². The van der Waals surface area contributed by atoms with Crippen LogP contribution in [0.5, 0.6) is 0 Å². The van der Waals surface area contributed by atoms with Gasteiger partial charge in [0.05, 0.1) is 13.0 Å². The maximum absolute atomic E-state index is 12.6. The van der Waals surface area contributed by atoms with E-state index in [2.05, 4.69) is 4.74 Å². The highest BCUT2D eigenvalue weighted by Crippen LogP contribution is 2.27. The van der Waals surface area contributed by atoms with Crippen LogP contribution in [-0.2, 0) is 9.53 Å². The smallest absolute Gasteiger partial charge is 0.310 e. The Morgan fingerprint density at radius 3 is 2.64 bits per heavy atom. The number of methoxy groups -OCH3 is 1. The molecule has 64 valence electrons. The first-order valence-electron chi connectivity index (χ1n) is 3.62. The summed E-state index contributed by atoms with van der Waals surface area (Å²) in [6, 6.07) is -0.363. The van der Waals surface area contributed by atoms with Crippen molar-refractivity contribution in [3.05, 3.63) is 0 Å². The molecule has 0 spiro atoms. The number of ether oxygens (including phenoxy) is 1. The number of nitrogens with two attached hydrogens (primary N) is 1. The van der Waals surface area contributed by atoms with Gasteiger partial charge in [0.2, 0.25) is 0 Å². The molecule has 0 bridgehead atoms. The first-order chi connectivity index (χ1) is 5.15. The summed E-state index contributed by atoms with van der Waals surface area (Å²) < 4.78 is 17.1. The van der Waals surface area contributed by atoms with E-state index in [0.717, 1.165) is 0 Å². The van der Waals surface area contributed by atoms with E-state index in [-0.39, 0.29) is 18.9 Å². The van der Waals surface area contributed by atoms with E-state index < -0.39 is 18.1 Å². The molecule has 0 aromatic carbocycles. The zero-order chi connectivity index (χ0) is 8.43. The Balaban J connectivity index is 2.52. The second kappa shape index (κ2) is 3.17. The highest BCUT2D eigenvalue weighted by Gasteiger charge is 2.37. The van der Waals surface area contributed by atoms with Crippen LogP contribution in [0.25, 0.3) is 0 Å². The first kappa shape index (κ1) is 8.46. The fourth-order valence-electron chi connectivity index (χ4n) is 1.43. The van der Waals surface area contributed by atoms with Crippen LogP contribution in [0.3, 0.4) is 0 Å². The third-order valence-corrected chi connectivity index (χ3v) is 2.06. The van der Waals surface area contributed by atoms with Gasteiger partial charge in [-0.15, -0.1) is 0 Å². The van der Waals surface area contributed by atoms with Gasteiger partial charge in [0, 0.05) is 6.04 Å². The summed E-state index contributed by atoms with van der Waals surface area (Å²) in [7, 11) is 1.29. The summed E-state index contributed by atoms with van der Waals surface area (Å²) in [6.45, 7) is 0. The first-order valence-corrected chi connectivity index (χ1v) is 3.62. The monoisotopic (exact) mass is 161 g/mol. The summed E-state index contributed by atoms with van der Waals surface area (Å²) in [5.41, 5.74) is 5.51. The van der Waals surface area contributed by atoms with E-state index >= 15 is 0 Å². The normalized spacial score (nSPS) is 37.2. The quantitative estimate of drug-likeness (QED) is 0.560. The summed E-state index contributed by atoms with van der Waals surface area (Å²) >= 11 is 0. The second-order valence-corrected chi connectivity index (χ2v) is 2.86. The molecular weight excluding hydrogens is 149 g/mol. The summed E-state index contributed by atoms with van der Waals surface area (Å²) in [5, 5.41) is 0. The molecule has 0 aromatic rings. The molecule has 4 heteroatoms. The van der Waals surface area contributed by atoms with Crippen molar-refractivity contribution in [2.75, 3.05) is 7.11 Å². The van der Waals surface area contributed by atoms with Gasteiger partial charge in [0.1, 0.15) is 6.17 Å². The molecule has 0 radical (unpaired) electrons. The molecule has 0 saturated heterocycles. The predicted octanol–water partition coefficient (Wildman–Crippen LogP) is 0.235. The maximum Gasteiger partial charge on any atom is 0.310 e. The molecule has 2 N–H and O–H groups in total. The van der Waals surface area contributed by atoms with Crippen molar-refractivity contribution < 1.29 is 13.9 Å². The number of carbonyl (C=O) groups excluding carboxylic acids is 1. The number of halogens is 1. The zero-order valence-electron chi connectivity index (χ0n) is 6.42. The van der Waals surface area contributed by atoms with E-state index in [4.69, 9.17) is 5.73 Å². The van der Waals surface area contributed by atoms with Crippen molar-refractivity contribution in [1.82, 2.24) is 0 Å². The fourth-order valence-corrected chi connectivity index (χ4v) is 1.43. The molecule has 0 heterocycles. The van der Waals surface area contributed by atoms with E-state index in [0.29, 0.717) is 0 Å². The molecule has 0 amide bonds. The number of alkyl halides is 1. The lowest BCUT2D eigenvalue weighted by Gasteiger charge is -2.10.